The number of nitrogens with one attached hydrogen (secondary N) is 2. The molecule has 150 valence electrons. The van der Waals surface area contributed by atoms with Crippen LogP contribution in [0.25, 0.3) is 0 Å². The van der Waals surface area contributed by atoms with Crippen LogP contribution in [0.15, 0.2) is 30.3 Å². The lowest BCUT2D eigenvalue weighted by atomic mass is 9.03. The highest BCUT2D eigenvalue weighted by Crippen LogP contribution is 3.02. The van der Waals surface area contributed by atoms with E-state index in [-0.39, 0.29) is 28.7 Å². The van der Waals surface area contributed by atoms with Crippen molar-refractivity contribution >= 4 is 5.91 Å². The lowest BCUT2D eigenvalue weighted by Gasteiger charge is -2.99. The molecule has 1 saturated heterocycles. The molecule has 1 spiro atoms. The standard InChI is InChI=1S/C23H28F2N2O/c1-2-19-10-16-11-20(18(28)27-17-8-9-26-14-22(17,24)25)13-21(12-19,23(16,19)20)15-6-4-3-5-7-15/h3-7,16-17,26H,2,8-14H2,1H3,(H,27,28)/t16?,17?,19-,20?,21+,23?/m1/s1. The van der Waals surface area contributed by atoms with Crippen LogP contribution < -0.4 is 10.6 Å². The normalized spacial score (nSPS) is 49.2. The summed E-state index contributed by atoms with van der Waals surface area (Å²) in [6.45, 7) is 2.44. The highest BCUT2D eigenvalue weighted by Gasteiger charge is 2.99. The second-order valence-electron chi connectivity index (χ2n) is 10.2. The average molecular weight is 386 g/mol. The van der Waals surface area contributed by atoms with E-state index in [2.05, 4.69) is 41.8 Å². The SMILES string of the molecule is CC[C@@]12CC3CC4(C(=O)NC5CCNCC5(F)F)C[C@](c5ccccc5)(C1)C342. The molecule has 4 unspecified atom stereocenters. The van der Waals surface area contributed by atoms with E-state index in [9.17, 15) is 13.6 Å². The van der Waals surface area contributed by atoms with Crippen LogP contribution in [-0.2, 0) is 10.2 Å². The number of benzene rings is 1. The van der Waals surface area contributed by atoms with Gasteiger partial charge in [0.05, 0.1) is 18.0 Å². The molecule has 4 saturated carbocycles. The van der Waals surface area contributed by atoms with Gasteiger partial charge in [0, 0.05) is 10.8 Å². The summed E-state index contributed by atoms with van der Waals surface area (Å²) in [4.78, 5) is 13.5. The maximum absolute atomic E-state index is 14.3. The molecule has 0 radical (unpaired) electrons. The molecule has 5 fully saturated rings. The number of piperidine rings is 1. The van der Waals surface area contributed by atoms with Crippen LogP contribution in [0.1, 0.15) is 51.0 Å². The van der Waals surface area contributed by atoms with Crippen LogP contribution >= 0.6 is 0 Å². The molecule has 5 aliphatic rings. The summed E-state index contributed by atoms with van der Waals surface area (Å²) >= 11 is 0. The van der Waals surface area contributed by atoms with Gasteiger partial charge >= 0.3 is 0 Å². The number of hydrogen-bond donors (Lipinski definition) is 2. The first-order chi connectivity index (χ1) is 13.4. The number of carbonyl (C=O) groups is 1. The summed E-state index contributed by atoms with van der Waals surface area (Å²) in [5.41, 5.74) is 1.31. The van der Waals surface area contributed by atoms with E-state index in [4.69, 9.17) is 0 Å². The van der Waals surface area contributed by atoms with Crippen LogP contribution in [-0.4, -0.2) is 31.0 Å². The number of carbonyl (C=O) groups excluding carboxylic acids is 1. The van der Waals surface area contributed by atoms with Crippen LogP contribution in [0, 0.1) is 22.2 Å². The molecule has 0 aromatic heterocycles. The summed E-state index contributed by atoms with van der Waals surface area (Å²) in [6.07, 6.45) is 5.51. The second-order valence-corrected chi connectivity index (χ2v) is 10.2. The quantitative estimate of drug-likeness (QED) is 0.830. The Hall–Kier alpha value is -1.49. The lowest BCUT2D eigenvalue weighted by molar-refractivity contribution is -0.478. The van der Waals surface area contributed by atoms with Gasteiger partial charge in [-0.15, -0.1) is 0 Å². The van der Waals surface area contributed by atoms with Gasteiger partial charge in [-0.25, -0.2) is 8.78 Å². The molecule has 2 N–H and O–H groups in total. The molecule has 1 heterocycles. The van der Waals surface area contributed by atoms with Crippen molar-refractivity contribution in [2.75, 3.05) is 13.1 Å². The van der Waals surface area contributed by atoms with Gasteiger partial charge in [-0.05, 0) is 62.0 Å². The fourth-order valence-electron chi connectivity index (χ4n) is 9.06. The van der Waals surface area contributed by atoms with Gasteiger partial charge in [0.15, 0.2) is 0 Å². The summed E-state index contributed by atoms with van der Waals surface area (Å²) < 4.78 is 28.7. The minimum absolute atomic E-state index is 0.0232. The summed E-state index contributed by atoms with van der Waals surface area (Å²) in [6, 6.07) is 9.62. The van der Waals surface area contributed by atoms with Gasteiger partial charge < -0.3 is 10.6 Å². The van der Waals surface area contributed by atoms with Gasteiger partial charge in [0.1, 0.15) is 0 Å². The molecule has 6 atom stereocenters. The van der Waals surface area contributed by atoms with E-state index in [1.54, 1.807) is 0 Å². The van der Waals surface area contributed by atoms with Gasteiger partial charge in [-0.3, -0.25) is 4.79 Å². The molecule has 1 aromatic carbocycles. The molecule has 28 heavy (non-hydrogen) atoms. The molecule has 0 bridgehead atoms. The van der Waals surface area contributed by atoms with Gasteiger partial charge in [-0.1, -0.05) is 37.3 Å². The predicted octanol–water partition coefficient (Wildman–Crippen LogP) is 3.64. The molecular weight excluding hydrogens is 358 g/mol. The third kappa shape index (κ3) is 1.52. The monoisotopic (exact) mass is 386 g/mol. The molecule has 3 nitrogen and oxygen atoms in total. The Kier molecular flexibility index (Phi) is 3.09. The van der Waals surface area contributed by atoms with Crippen molar-refractivity contribution in [1.29, 1.82) is 0 Å². The molecule has 1 amide bonds. The molecule has 6 rings (SSSR count). The van der Waals surface area contributed by atoms with Crippen LogP contribution in [0.2, 0.25) is 0 Å². The van der Waals surface area contributed by atoms with E-state index in [1.807, 2.05) is 6.07 Å². The average Bonchev–Trinajstić information content (AvgIpc) is 2.62. The highest BCUT2D eigenvalue weighted by atomic mass is 19.3. The Morgan fingerprint density at radius 3 is 2.68 bits per heavy atom. The van der Waals surface area contributed by atoms with Crippen LogP contribution in [0.3, 0.4) is 0 Å². The Morgan fingerprint density at radius 1 is 1.21 bits per heavy atom. The van der Waals surface area contributed by atoms with E-state index in [1.165, 1.54) is 12.0 Å². The Balaban J connectivity index is 1.34. The first kappa shape index (κ1) is 17.4. The zero-order valence-corrected chi connectivity index (χ0v) is 16.4. The van der Waals surface area contributed by atoms with Crippen molar-refractivity contribution in [3.05, 3.63) is 35.9 Å². The minimum atomic E-state index is -2.87. The van der Waals surface area contributed by atoms with E-state index in [0.717, 1.165) is 25.7 Å². The fourth-order valence-corrected chi connectivity index (χ4v) is 9.06. The lowest BCUT2D eigenvalue weighted by Crippen LogP contribution is -2.98. The fraction of sp³-hybridized carbons (Fsp3) is 0.696. The van der Waals surface area contributed by atoms with Crippen LogP contribution in [0.4, 0.5) is 8.78 Å². The Morgan fingerprint density at radius 2 is 2.00 bits per heavy atom. The van der Waals surface area contributed by atoms with Crippen LogP contribution in [0.5, 0.6) is 0 Å². The molecular formula is C23H28F2N2O. The maximum atomic E-state index is 14.3. The third-order valence-corrected chi connectivity index (χ3v) is 9.66. The largest absolute Gasteiger partial charge is 0.347 e. The van der Waals surface area contributed by atoms with Crippen molar-refractivity contribution in [1.82, 2.24) is 10.6 Å². The number of amides is 1. The maximum Gasteiger partial charge on any atom is 0.280 e. The Labute approximate surface area is 164 Å². The molecule has 1 aliphatic heterocycles. The van der Waals surface area contributed by atoms with Gasteiger partial charge in [-0.2, -0.15) is 0 Å². The van der Waals surface area contributed by atoms with Crippen molar-refractivity contribution in [2.45, 2.75) is 62.8 Å². The smallest absolute Gasteiger partial charge is 0.280 e. The first-order valence-corrected chi connectivity index (χ1v) is 10.8. The summed E-state index contributed by atoms with van der Waals surface area (Å²) in [7, 11) is 0. The Bertz CT molecular complexity index is 859. The zero-order chi connectivity index (χ0) is 19.4. The number of rotatable bonds is 4. The van der Waals surface area contributed by atoms with E-state index < -0.39 is 17.4 Å². The second kappa shape index (κ2) is 4.97. The first-order valence-electron chi connectivity index (χ1n) is 10.8. The molecule has 4 aliphatic carbocycles. The molecule has 1 aromatic rings. The van der Waals surface area contributed by atoms with Crippen molar-refractivity contribution in [3.63, 3.8) is 0 Å². The van der Waals surface area contributed by atoms with Crippen molar-refractivity contribution < 1.29 is 13.6 Å². The van der Waals surface area contributed by atoms with Crippen molar-refractivity contribution in [3.8, 4) is 0 Å². The van der Waals surface area contributed by atoms with Gasteiger partial charge in [0.25, 0.3) is 5.92 Å². The third-order valence-electron chi connectivity index (χ3n) is 9.66. The van der Waals surface area contributed by atoms with E-state index in [0.29, 0.717) is 18.9 Å². The number of hydrogen-bond acceptors (Lipinski definition) is 2. The van der Waals surface area contributed by atoms with Crippen molar-refractivity contribution in [2.24, 2.45) is 22.2 Å². The summed E-state index contributed by atoms with van der Waals surface area (Å²) in [5, 5.41) is 5.58. The zero-order valence-electron chi connectivity index (χ0n) is 16.4. The minimum Gasteiger partial charge on any atom is -0.347 e. The van der Waals surface area contributed by atoms with Gasteiger partial charge in [0.2, 0.25) is 5.91 Å². The highest BCUT2D eigenvalue weighted by molar-refractivity contribution is 5.90. The molecule has 5 heteroatoms. The predicted molar refractivity (Wildman–Crippen MR) is 102 cm³/mol. The number of halogens is 2. The summed E-state index contributed by atoms with van der Waals surface area (Å²) in [5.74, 6) is -2.36. The topological polar surface area (TPSA) is 41.1 Å². The van der Waals surface area contributed by atoms with E-state index >= 15 is 0 Å². The number of alkyl halides is 2.